The molecule has 0 fully saturated rings. The summed E-state index contributed by atoms with van der Waals surface area (Å²) in [4.78, 5) is 13.7. The zero-order valence-electron chi connectivity index (χ0n) is 9.86. The number of hydrogen-bond donors (Lipinski definition) is 0. The molecule has 1 rings (SSSR count). The van der Waals surface area contributed by atoms with E-state index in [0.29, 0.717) is 12.8 Å². The predicted octanol–water partition coefficient (Wildman–Crippen LogP) is 2.74. The molecule has 1 aromatic rings. The van der Waals surface area contributed by atoms with E-state index in [2.05, 4.69) is 5.92 Å². The Morgan fingerprint density at radius 3 is 2.44 bits per heavy atom. The predicted molar refractivity (Wildman–Crippen MR) is 67.8 cm³/mol. The molecule has 0 aliphatic rings. The second-order valence-electron chi connectivity index (χ2n) is 3.92. The van der Waals surface area contributed by atoms with Crippen LogP contribution in [0.3, 0.4) is 0 Å². The number of ketones is 1. The Morgan fingerprint density at radius 2 is 1.94 bits per heavy atom. The second kappa shape index (κ2) is 5.97. The SMILES string of the molecule is C#CCCCC(=O)c1ccc(N(C)C)cc1. The summed E-state index contributed by atoms with van der Waals surface area (Å²) in [6.07, 6.45) is 7.11. The number of unbranched alkanes of at least 4 members (excludes halogenated alkanes) is 1. The first-order valence-corrected chi connectivity index (χ1v) is 5.39. The van der Waals surface area contributed by atoms with E-state index in [-0.39, 0.29) is 5.78 Å². The van der Waals surface area contributed by atoms with Crippen LogP contribution in [0.4, 0.5) is 5.69 Å². The molecule has 0 saturated carbocycles. The number of Topliss-reactive ketones (excluding diaryl/α,β-unsaturated/α-hetero) is 1. The van der Waals surface area contributed by atoms with Crippen LogP contribution in [0.25, 0.3) is 0 Å². The molecule has 0 atom stereocenters. The third-order valence-electron chi connectivity index (χ3n) is 2.43. The molecular formula is C14H17NO. The lowest BCUT2D eigenvalue weighted by atomic mass is 10.1. The van der Waals surface area contributed by atoms with Crippen molar-refractivity contribution in [3.05, 3.63) is 29.8 Å². The average Bonchev–Trinajstić information content (AvgIpc) is 2.29. The topological polar surface area (TPSA) is 20.3 Å². The number of carbonyl (C=O) groups is 1. The van der Waals surface area contributed by atoms with Crippen molar-refractivity contribution in [2.45, 2.75) is 19.3 Å². The summed E-state index contributed by atoms with van der Waals surface area (Å²) in [5.41, 5.74) is 1.86. The molecule has 0 aliphatic heterocycles. The highest BCUT2D eigenvalue weighted by Gasteiger charge is 2.05. The Morgan fingerprint density at radius 1 is 1.31 bits per heavy atom. The van der Waals surface area contributed by atoms with E-state index in [9.17, 15) is 4.79 Å². The largest absolute Gasteiger partial charge is 0.378 e. The summed E-state index contributed by atoms with van der Waals surface area (Å²) >= 11 is 0. The van der Waals surface area contributed by atoms with Gasteiger partial charge in [-0.1, -0.05) is 0 Å². The highest BCUT2D eigenvalue weighted by molar-refractivity contribution is 5.96. The smallest absolute Gasteiger partial charge is 0.162 e. The number of benzene rings is 1. The van der Waals surface area contributed by atoms with Crippen LogP contribution >= 0.6 is 0 Å². The summed E-state index contributed by atoms with van der Waals surface area (Å²) in [5, 5.41) is 0. The number of hydrogen-bond acceptors (Lipinski definition) is 2. The van der Waals surface area contributed by atoms with E-state index < -0.39 is 0 Å². The number of carbonyl (C=O) groups excluding carboxylic acids is 1. The maximum absolute atomic E-state index is 11.7. The summed E-state index contributed by atoms with van der Waals surface area (Å²) < 4.78 is 0. The van der Waals surface area contributed by atoms with Crippen LogP contribution in [0.5, 0.6) is 0 Å². The van der Waals surface area contributed by atoms with Crippen molar-refractivity contribution in [1.29, 1.82) is 0 Å². The molecule has 0 aliphatic carbocycles. The molecule has 2 heteroatoms. The zero-order chi connectivity index (χ0) is 12.0. The third kappa shape index (κ3) is 3.43. The second-order valence-corrected chi connectivity index (χ2v) is 3.92. The molecule has 0 saturated heterocycles. The van der Waals surface area contributed by atoms with Crippen LogP contribution in [0.15, 0.2) is 24.3 Å². The highest BCUT2D eigenvalue weighted by atomic mass is 16.1. The number of terminal acetylenes is 1. The summed E-state index contributed by atoms with van der Waals surface area (Å²) in [7, 11) is 3.95. The molecule has 0 heterocycles. The van der Waals surface area contributed by atoms with Gasteiger partial charge in [0.1, 0.15) is 0 Å². The first-order valence-electron chi connectivity index (χ1n) is 5.39. The molecular weight excluding hydrogens is 198 g/mol. The zero-order valence-corrected chi connectivity index (χ0v) is 9.86. The van der Waals surface area contributed by atoms with Gasteiger partial charge in [-0.25, -0.2) is 0 Å². The molecule has 16 heavy (non-hydrogen) atoms. The first kappa shape index (κ1) is 12.3. The van der Waals surface area contributed by atoms with Crippen LogP contribution in [-0.2, 0) is 0 Å². The maximum Gasteiger partial charge on any atom is 0.162 e. The van der Waals surface area contributed by atoms with Crippen LogP contribution in [-0.4, -0.2) is 19.9 Å². The standard InChI is InChI=1S/C14H17NO/c1-4-5-6-7-14(16)12-8-10-13(11-9-12)15(2)3/h1,8-11H,5-7H2,2-3H3. The Hall–Kier alpha value is -1.75. The van der Waals surface area contributed by atoms with E-state index in [4.69, 9.17) is 6.42 Å². The van der Waals surface area contributed by atoms with Gasteiger partial charge in [0.2, 0.25) is 0 Å². The van der Waals surface area contributed by atoms with Crippen LogP contribution in [0.1, 0.15) is 29.6 Å². The van der Waals surface area contributed by atoms with Crippen LogP contribution < -0.4 is 4.90 Å². The summed E-state index contributed by atoms with van der Waals surface area (Å²) in [5.74, 6) is 2.71. The van der Waals surface area contributed by atoms with Crippen molar-refractivity contribution in [1.82, 2.24) is 0 Å². The minimum atomic E-state index is 0.167. The van der Waals surface area contributed by atoms with Crippen LogP contribution in [0, 0.1) is 12.3 Å². The lowest BCUT2D eigenvalue weighted by Crippen LogP contribution is -2.08. The van der Waals surface area contributed by atoms with E-state index in [1.807, 2.05) is 43.3 Å². The number of rotatable bonds is 5. The van der Waals surface area contributed by atoms with E-state index in [1.165, 1.54) is 0 Å². The van der Waals surface area contributed by atoms with E-state index >= 15 is 0 Å². The molecule has 0 bridgehead atoms. The number of nitrogens with zero attached hydrogens (tertiary/aromatic N) is 1. The molecule has 0 spiro atoms. The van der Waals surface area contributed by atoms with Gasteiger partial charge in [-0.2, -0.15) is 0 Å². The quantitative estimate of drug-likeness (QED) is 0.427. The molecule has 84 valence electrons. The van der Waals surface area contributed by atoms with Crippen molar-refractivity contribution >= 4 is 11.5 Å². The lowest BCUT2D eigenvalue weighted by Gasteiger charge is -2.12. The average molecular weight is 215 g/mol. The van der Waals surface area contributed by atoms with Gasteiger partial charge in [0.05, 0.1) is 0 Å². The minimum absolute atomic E-state index is 0.167. The summed E-state index contributed by atoms with van der Waals surface area (Å²) in [6.45, 7) is 0. The van der Waals surface area contributed by atoms with Gasteiger partial charge in [0.15, 0.2) is 5.78 Å². The Bertz CT molecular complexity index is 384. The van der Waals surface area contributed by atoms with Gasteiger partial charge < -0.3 is 4.90 Å². The minimum Gasteiger partial charge on any atom is -0.378 e. The Kier molecular flexibility index (Phi) is 4.60. The van der Waals surface area contributed by atoms with Gasteiger partial charge in [-0.05, 0) is 30.7 Å². The first-order chi connectivity index (χ1) is 7.65. The fraction of sp³-hybridized carbons (Fsp3) is 0.357. The van der Waals surface area contributed by atoms with Gasteiger partial charge >= 0.3 is 0 Å². The monoisotopic (exact) mass is 215 g/mol. The van der Waals surface area contributed by atoms with Crippen molar-refractivity contribution in [3.8, 4) is 12.3 Å². The van der Waals surface area contributed by atoms with Gasteiger partial charge in [-0.3, -0.25) is 4.79 Å². The fourth-order valence-electron chi connectivity index (χ4n) is 1.44. The summed E-state index contributed by atoms with van der Waals surface area (Å²) in [6, 6.07) is 7.64. The van der Waals surface area contributed by atoms with E-state index in [0.717, 1.165) is 17.7 Å². The van der Waals surface area contributed by atoms with Crippen molar-refractivity contribution in [2.75, 3.05) is 19.0 Å². The molecule has 0 radical (unpaired) electrons. The van der Waals surface area contributed by atoms with Crippen molar-refractivity contribution in [2.24, 2.45) is 0 Å². The molecule has 0 N–H and O–H groups in total. The molecule has 2 nitrogen and oxygen atoms in total. The molecule has 0 amide bonds. The fourth-order valence-corrected chi connectivity index (χ4v) is 1.44. The normalized spacial score (nSPS) is 9.56. The van der Waals surface area contributed by atoms with Crippen molar-refractivity contribution < 1.29 is 4.79 Å². The van der Waals surface area contributed by atoms with E-state index in [1.54, 1.807) is 0 Å². The number of anilines is 1. The van der Waals surface area contributed by atoms with Gasteiger partial charge in [0, 0.05) is 38.2 Å². The third-order valence-corrected chi connectivity index (χ3v) is 2.43. The van der Waals surface area contributed by atoms with Gasteiger partial charge in [-0.15, -0.1) is 12.3 Å². The molecule has 0 unspecified atom stereocenters. The Balaban J connectivity index is 2.60. The highest BCUT2D eigenvalue weighted by Crippen LogP contribution is 2.14. The maximum atomic E-state index is 11.7. The van der Waals surface area contributed by atoms with Gasteiger partial charge in [0.25, 0.3) is 0 Å². The lowest BCUT2D eigenvalue weighted by molar-refractivity contribution is 0.0980. The van der Waals surface area contributed by atoms with Crippen molar-refractivity contribution in [3.63, 3.8) is 0 Å². The molecule has 1 aromatic carbocycles. The van der Waals surface area contributed by atoms with Crippen LogP contribution in [0.2, 0.25) is 0 Å². The molecule has 0 aromatic heterocycles. The Labute approximate surface area is 97.3 Å².